The van der Waals surface area contributed by atoms with Gasteiger partial charge in [-0.15, -0.1) is 11.6 Å². The summed E-state index contributed by atoms with van der Waals surface area (Å²) in [7, 11) is 1.60. The Kier molecular flexibility index (Phi) is 3.91. The summed E-state index contributed by atoms with van der Waals surface area (Å²) in [6, 6.07) is 5.33. The number of oxazole rings is 1. The molecule has 17 heavy (non-hydrogen) atoms. The van der Waals surface area contributed by atoms with Crippen LogP contribution in [0.2, 0.25) is 0 Å². The molecule has 0 atom stereocenters. The van der Waals surface area contributed by atoms with Crippen LogP contribution in [0.1, 0.15) is 5.69 Å². The molecule has 1 heterocycles. The minimum Gasteiger partial charge on any atom is -0.497 e. The van der Waals surface area contributed by atoms with Gasteiger partial charge in [0.2, 0.25) is 0 Å². The Balaban J connectivity index is 2.18. The first-order chi connectivity index (χ1) is 8.22. The number of hydrogen-bond acceptors (Lipinski definition) is 4. The molecule has 0 N–H and O–H groups in total. The van der Waals surface area contributed by atoms with Crippen molar-refractivity contribution in [2.24, 2.45) is 0 Å². The van der Waals surface area contributed by atoms with Gasteiger partial charge in [-0.2, -0.15) is 4.98 Å². The number of nitrogens with zero attached hydrogens (tertiary/aromatic N) is 1. The molecular formula is C11H9BrClNO3. The number of ether oxygens (including phenoxy) is 2. The van der Waals surface area contributed by atoms with Gasteiger partial charge in [0.25, 0.3) is 0 Å². The number of methoxy groups -OCH3 is 1. The molecular weight excluding hydrogens is 309 g/mol. The van der Waals surface area contributed by atoms with Crippen LogP contribution in [0.15, 0.2) is 33.4 Å². The third kappa shape index (κ3) is 2.92. The van der Waals surface area contributed by atoms with Gasteiger partial charge in [-0.1, -0.05) is 0 Å². The van der Waals surface area contributed by atoms with Crippen LogP contribution in [-0.4, -0.2) is 12.1 Å². The summed E-state index contributed by atoms with van der Waals surface area (Å²) in [5.74, 6) is 1.61. The second kappa shape index (κ2) is 5.42. The average molecular weight is 319 g/mol. The maximum atomic E-state index is 5.61. The smallest absolute Gasteiger partial charge is 0.399 e. The Morgan fingerprint density at radius 3 is 2.88 bits per heavy atom. The van der Waals surface area contributed by atoms with E-state index in [4.69, 9.17) is 25.5 Å². The molecule has 2 rings (SSSR count). The number of hydrogen-bond donors (Lipinski definition) is 0. The highest BCUT2D eigenvalue weighted by Crippen LogP contribution is 2.32. The van der Waals surface area contributed by atoms with Crippen LogP contribution in [0.3, 0.4) is 0 Å². The van der Waals surface area contributed by atoms with E-state index < -0.39 is 0 Å². The van der Waals surface area contributed by atoms with Crippen LogP contribution >= 0.6 is 27.5 Å². The molecule has 0 bridgehead atoms. The highest BCUT2D eigenvalue weighted by atomic mass is 79.9. The lowest BCUT2D eigenvalue weighted by Gasteiger charge is -2.05. The van der Waals surface area contributed by atoms with Gasteiger partial charge < -0.3 is 13.9 Å². The van der Waals surface area contributed by atoms with Crippen molar-refractivity contribution in [2.75, 3.05) is 7.11 Å². The topological polar surface area (TPSA) is 44.5 Å². The number of halogens is 2. The summed E-state index contributed by atoms with van der Waals surface area (Å²) in [5.41, 5.74) is 0.631. The van der Waals surface area contributed by atoms with Gasteiger partial charge in [-0.3, -0.25) is 0 Å². The third-order valence-electron chi connectivity index (χ3n) is 2.00. The van der Waals surface area contributed by atoms with Gasteiger partial charge in [0.15, 0.2) is 0 Å². The fourth-order valence-electron chi connectivity index (χ4n) is 1.18. The van der Waals surface area contributed by atoms with Crippen molar-refractivity contribution in [1.29, 1.82) is 0 Å². The molecule has 0 fully saturated rings. The molecule has 1 aromatic heterocycles. The van der Waals surface area contributed by atoms with Crippen molar-refractivity contribution >= 4 is 27.5 Å². The van der Waals surface area contributed by atoms with Crippen LogP contribution in [0.4, 0.5) is 0 Å². The van der Waals surface area contributed by atoms with E-state index in [2.05, 4.69) is 20.9 Å². The standard InChI is InChI=1S/C11H9BrClNO3/c1-15-8-2-3-10(9(12)4-8)17-11-14-7(5-13)6-16-11/h2-4,6H,5H2,1H3. The lowest BCUT2D eigenvalue weighted by Crippen LogP contribution is -1.88. The van der Waals surface area contributed by atoms with Crippen molar-refractivity contribution in [2.45, 2.75) is 5.88 Å². The van der Waals surface area contributed by atoms with E-state index in [0.717, 1.165) is 10.2 Å². The first-order valence-electron chi connectivity index (χ1n) is 4.74. The Bertz CT molecular complexity index is 515. The van der Waals surface area contributed by atoms with E-state index in [-0.39, 0.29) is 12.0 Å². The molecule has 0 unspecified atom stereocenters. The molecule has 0 saturated heterocycles. The normalized spacial score (nSPS) is 10.3. The predicted octanol–water partition coefficient (Wildman–Crippen LogP) is 3.98. The maximum Gasteiger partial charge on any atom is 0.399 e. The Morgan fingerprint density at radius 2 is 2.29 bits per heavy atom. The zero-order chi connectivity index (χ0) is 12.3. The molecule has 0 aliphatic carbocycles. The van der Waals surface area contributed by atoms with Crippen LogP contribution in [-0.2, 0) is 5.88 Å². The molecule has 0 saturated carbocycles. The minimum absolute atomic E-state index is 0.159. The summed E-state index contributed by atoms with van der Waals surface area (Å²) in [6.45, 7) is 0. The van der Waals surface area contributed by atoms with Crippen LogP contribution in [0.5, 0.6) is 17.6 Å². The molecule has 0 aliphatic heterocycles. The Labute approximate surface area is 112 Å². The van der Waals surface area contributed by atoms with Crippen molar-refractivity contribution in [3.63, 3.8) is 0 Å². The predicted molar refractivity (Wildman–Crippen MR) is 66.8 cm³/mol. The summed E-state index contributed by atoms with van der Waals surface area (Å²) in [6.07, 6.45) is 1.62. The highest BCUT2D eigenvalue weighted by molar-refractivity contribution is 9.10. The lowest BCUT2D eigenvalue weighted by atomic mass is 10.3. The lowest BCUT2D eigenvalue weighted by molar-refractivity contribution is 0.328. The zero-order valence-electron chi connectivity index (χ0n) is 8.94. The monoisotopic (exact) mass is 317 g/mol. The average Bonchev–Trinajstić information content (AvgIpc) is 2.79. The molecule has 0 amide bonds. The quantitative estimate of drug-likeness (QED) is 0.800. The van der Waals surface area contributed by atoms with E-state index in [1.54, 1.807) is 25.3 Å². The Morgan fingerprint density at radius 1 is 1.47 bits per heavy atom. The van der Waals surface area contributed by atoms with E-state index in [1.165, 1.54) is 6.26 Å². The van der Waals surface area contributed by atoms with Crippen molar-refractivity contribution in [1.82, 2.24) is 4.98 Å². The molecule has 90 valence electrons. The largest absolute Gasteiger partial charge is 0.497 e. The first kappa shape index (κ1) is 12.3. The van der Waals surface area contributed by atoms with Crippen LogP contribution in [0.25, 0.3) is 0 Å². The van der Waals surface area contributed by atoms with E-state index in [0.29, 0.717) is 11.4 Å². The summed E-state index contributed by atoms with van der Waals surface area (Å²) >= 11 is 8.98. The van der Waals surface area contributed by atoms with Gasteiger partial charge in [-0.25, -0.2) is 0 Å². The summed E-state index contributed by atoms with van der Waals surface area (Å²) < 4.78 is 16.4. The van der Waals surface area contributed by atoms with E-state index in [9.17, 15) is 0 Å². The summed E-state index contributed by atoms with van der Waals surface area (Å²) in [5, 5.41) is 0. The molecule has 0 aliphatic rings. The first-order valence-corrected chi connectivity index (χ1v) is 6.07. The van der Waals surface area contributed by atoms with Crippen LogP contribution < -0.4 is 9.47 Å². The third-order valence-corrected chi connectivity index (χ3v) is 2.90. The molecule has 0 radical (unpaired) electrons. The zero-order valence-corrected chi connectivity index (χ0v) is 11.3. The van der Waals surface area contributed by atoms with Gasteiger partial charge in [-0.05, 0) is 34.1 Å². The van der Waals surface area contributed by atoms with Gasteiger partial charge >= 0.3 is 6.08 Å². The van der Waals surface area contributed by atoms with Crippen molar-refractivity contribution in [3.05, 3.63) is 34.6 Å². The highest BCUT2D eigenvalue weighted by Gasteiger charge is 2.09. The second-order valence-electron chi connectivity index (χ2n) is 3.14. The molecule has 4 nitrogen and oxygen atoms in total. The minimum atomic E-state index is 0.159. The fraction of sp³-hybridized carbons (Fsp3) is 0.182. The van der Waals surface area contributed by atoms with Crippen molar-refractivity contribution in [3.8, 4) is 17.6 Å². The van der Waals surface area contributed by atoms with E-state index in [1.807, 2.05) is 0 Å². The number of rotatable bonds is 4. The number of benzene rings is 1. The van der Waals surface area contributed by atoms with Gasteiger partial charge in [0.05, 0.1) is 23.2 Å². The van der Waals surface area contributed by atoms with Crippen molar-refractivity contribution < 1.29 is 13.9 Å². The van der Waals surface area contributed by atoms with Crippen LogP contribution in [0, 0.1) is 0 Å². The maximum absolute atomic E-state index is 5.61. The molecule has 6 heteroatoms. The number of alkyl halides is 1. The molecule has 1 aromatic carbocycles. The SMILES string of the molecule is COc1ccc(Oc2nc(CCl)co2)c(Br)c1. The number of aromatic nitrogens is 1. The second-order valence-corrected chi connectivity index (χ2v) is 4.26. The van der Waals surface area contributed by atoms with Gasteiger partial charge in [0, 0.05) is 0 Å². The van der Waals surface area contributed by atoms with E-state index >= 15 is 0 Å². The fourth-order valence-corrected chi connectivity index (χ4v) is 1.74. The molecule has 0 spiro atoms. The Hall–Kier alpha value is -1.20. The van der Waals surface area contributed by atoms with Gasteiger partial charge in [0.1, 0.15) is 17.8 Å². The summed E-state index contributed by atoms with van der Waals surface area (Å²) in [4.78, 5) is 4.03. The molecule has 2 aromatic rings.